The van der Waals surface area contributed by atoms with E-state index in [4.69, 9.17) is 5.73 Å². The third kappa shape index (κ3) is 3.10. The minimum atomic E-state index is -0.0214. The molecule has 1 amide bonds. The van der Waals surface area contributed by atoms with Crippen molar-refractivity contribution in [2.24, 2.45) is 5.73 Å². The van der Waals surface area contributed by atoms with Gasteiger partial charge in [-0.15, -0.1) is 0 Å². The second-order valence-corrected chi connectivity index (χ2v) is 6.86. The minimum Gasteiger partial charge on any atom is -0.367 e. The van der Waals surface area contributed by atoms with Crippen molar-refractivity contribution in [3.63, 3.8) is 0 Å². The Hall–Kier alpha value is -1.89. The summed E-state index contributed by atoms with van der Waals surface area (Å²) in [5.74, 6) is 2.02. The van der Waals surface area contributed by atoms with Crippen molar-refractivity contribution in [3.05, 3.63) is 12.4 Å². The number of hydrogen-bond acceptors (Lipinski definition) is 6. The van der Waals surface area contributed by atoms with Crippen LogP contribution in [0.4, 0.5) is 11.6 Å². The molecule has 1 saturated carbocycles. The lowest BCUT2D eigenvalue weighted by Gasteiger charge is -2.34. The van der Waals surface area contributed by atoms with E-state index < -0.39 is 0 Å². The third-order valence-corrected chi connectivity index (χ3v) is 5.00. The number of aromatic nitrogens is 2. The van der Waals surface area contributed by atoms with Crippen molar-refractivity contribution in [1.82, 2.24) is 14.9 Å². The van der Waals surface area contributed by atoms with Crippen molar-refractivity contribution in [2.75, 3.05) is 29.9 Å². The highest BCUT2D eigenvalue weighted by molar-refractivity contribution is 5.77. The van der Waals surface area contributed by atoms with Gasteiger partial charge in [-0.05, 0) is 25.7 Å². The summed E-state index contributed by atoms with van der Waals surface area (Å²) in [6.45, 7) is 2.32. The van der Waals surface area contributed by atoms with E-state index in [9.17, 15) is 4.79 Å². The van der Waals surface area contributed by atoms with Crippen LogP contribution in [0, 0.1) is 0 Å². The monoisotopic (exact) mass is 316 g/mol. The van der Waals surface area contributed by atoms with Crippen LogP contribution in [0.15, 0.2) is 12.4 Å². The Morgan fingerprint density at radius 2 is 2.09 bits per heavy atom. The van der Waals surface area contributed by atoms with Crippen molar-refractivity contribution in [2.45, 2.75) is 50.2 Å². The predicted octanol–water partition coefficient (Wildman–Crippen LogP) is 0.579. The molecule has 4 rings (SSSR count). The van der Waals surface area contributed by atoms with Crippen LogP contribution in [0.1, 0.15) is 32.1 Å². The number of amides is 1. The first-order chi connectivity index (χ1) is 11.2. The Labute approximate surface area is 136 Å². The first-order valence-corrected chi connectivity index (χ1v) is 8.59. The molecule has 3 heterocycles. The number of rotatable bonds is 4. The predicted molar refractivity (Wildman–Crippen MR) is 88.2 cm³/mol. The smallest absolute Gasteiger partial charge is 0.222 e. The molecule has 3 aliphatic rings. The maximum absolute atomic E-state index is 12.2. The van der Waals surface area contributed by atoms with Crippen molar-refractivity contribution in [1.29, 1.82) is 0 Å². The number of anilines is 2. The largest absolute Gasteiger partial charge is 0.367 e. The molecule has 2 atom stereocenters. The number of nitrogens with zero attached hydrogens (tertiary/aromatic N) is 4. The fraction of sp³-hybridized carbons (Fsp3) is 0.688. The van der Waals surface area contributed by atoms with Crippen LogP contribution < -0.4 is 16.0 Å². The molecule has 23 heavy (non-hydrogen) atoms. The van der Waals surface area contributed by atoms with Gasteiger partial charge >= 0.3 is 0 Å². The van der Waals surface area contributed by atoms with Crippen molar-refractivity contribution in [3.8, 4) is 0 Å². The highest BCUT2D eigenvalue weighted by Crippen LogP contribution is 2.27. The molecule has 0 unspecified atom stereocenters. The van der Waals surface area contributed by atoms with Gasteiger partial charge in [-0.3, -0.25) is 4.79 Å². The number of nitrogens with one attached hydrogen (secondary N) is 1. The lowest BCUT2D eigenvalue weighted by atomic mass is 10.1. The Balaban J connectivity index is 1.46. The Bertz CT molecular complexity index is 590. The van der Waals surface area contributed by atoms with Gasteiger partial charge in [-0.2, -0.15) is 0 Å². The normalized spacial score (nSPS) is 28.3. The average Bonchev–Trinajstić information content (AvgIpc) is 3.28. The molecule has 1 aromatic rings. The van der Waals surface area contributed by atoms with Crippen LogP contribution in [0.25, 0.3) is 0 Å². The molecule has 0 aromatic carbocycles. The van der Waals surface area contributed by atoms with E-state index in [0.717, 1.165) is 44.1 Å². The molecule has 124 valence electrons. The zero-order chi connectivity index (χ0) is 15.8. The first-order valence-electron chi connectivity index (χ1n) is 8.59. The standard InChI is InChI=1S/C16H24N6O/c17-12-8-21(9-13(12)22-6-2-1-3-16(22)23)15-7-14(18-10-19-15)20-11-4-5-11/h7,10-13H,1-6,8-9,17H2,(H,18,19,20)/t12-,13-/m0/s1. The molecular weight excluding hydrogens is 292 g/mol. The number of piperidine rings is 1. The van der Waals surface area contributed by atoms with Crippen LogP contribution in [-0.4, -0.2) is 58.5 Å². The highest BCUT2D eigenvalue weighted by Gasteiger charge is 2.38. The van der Waals surface area contributed by atoms with Crippen molar-refractivity contribution >= 4 is 17.5 Å². The van der Waals surface area contributed by atoms with Crippen LogP contribution in [0.3, 0.4) is 0 Å². The molecule has 7 heteroatoms. The first kappa shape index (κ1) is 14.7. The van der Waals surface area contributed by atoms with Gasteiger partial charge in [0.2, 0.25) is 5.91 Å². The molecule has 2 saturated heterocycles. The van der Waals surface area contributed by atoms with Crippen LogP contribution in [0.5, 0.6) is 0 Å². The Kier molecular flexibility index (Phi) is 3.80. The molecule has 3 N–H and O–H groups in total. The zero-order valence-electron chi connectivity index (χ0n) is 13.3. The molecule has 3 fully saturated rings. The lowest BCUT2D eigenvalue weighted by Crippen LogP contribution is -2.51. The number of likely N-dealkylation sites (tertiary alicyclic amines) is 1. The van der Waals surface area contributed by atoms with Crippen molar-refractivity contribution < 1.29 is 4.79 Å². The second-order valence-electron chi connectivity index (χ2n) is 6.86. The molecule has 0 spiro atoms. The number of nitrogens with two attached hydrogens (primary N) is 1. The summed E-state index contributed by atoms with van der Waals surface area (Å²) in [7, 11) is 0. The Morgan fingerprint density at radius 3 is 2.87 bits per heavy atom. The maximum atomic E-state index is 12.2. The van der Waals surface area contributed by atoms with Gasteiger partial charge in [0.25, 0.3) is 0 Å². The lowest BCUT2D eigenvalue weighted by molar-refractivity contribution is -0.135. The van der Waals surface area contributed by atoms with Gasteiger partial charge < -0.3 is 20.9 Å². The summed E-state index contributed by atoms with van der Waals surface area (Å²) in [6.07, 6.45) is 6.78. The molecule has 0 bridgehead atoms. The fourth-order valence-electron chi connectivity index (χ4n) is 3.54. The van der Waals surface area contributed by atoms with Gasteiger partial charge in [0.05, 0.1) is 6.04 Å². The zero-order valence-corrected chi connectivity index (χ0v) is 13.3. The molecule has 1 aliphatic carbocycles. The number of hydrogen-bond donors (Lipinski definition) is 2. The van der Waals surface area contributed by atoms with Gasteiger partial charge in [0, 0.05) is 44.2 Å². The number of carbonyl (C=O) groups is 1. The molecule has 0 radical (unpaired) electrons. The minimum absolute atomic E-state index is 0.0214. The molecule has 1 aromatic heterocycles. The maximum Gasteiger partial charge on any atom is 0.222 e. The second kappa shape index (κ2) is 5.96. The van der Waals surface area contributed by atoms with Gasteiger partial charge in [-0.1, -0.05) is 0 Å². The van der Waals surface area contributed by atoms with E-state index in [2.05, 4.69) is 20.2 Å². The van der Waals surface area contributed by atoms with Crippen LogP contribution in [0.2, 0.25) is 0 Å². The van der Waals surface area contributed by atoms with Gasteiger partial charge in [0.1, 0.15) is 18.0 Å². The number of carbonyl (C=O) groups excluding carboxylic acids is 1. The van der Waals surface area contributed by atoms with Gasteiger partial charge in [-0.25, -0.2) is 9.97 Å². The van der Waals surface area contributed by atoms with Crippen LogP contribution in [-0.2, 0) is 4.79 Å². The quantitative estimate of drug-likeness (QED) is 0.845. The van der Waals surface area contributed by atoms with E-state index in [1.54, 1.807) is 6.33 Å². The summed E-state index contributed by atoms with van der Waals surface area (Å²) in [4.78, 5) is 25.0. The van der Waals surface area contributed by atoms with E-state index in [1.165, 1.54) is 12.8 Å². The summed E-state index contributed by atoms with van der Waals surface area (Å²) >= 11 is 0. The van der Waals surface area contributed by atoms with E-state index in [1.807, 2.05) is 11.0 Å². The van der Waals surface area contributed by atoms with E-state index in [0.29, 0.717) is 12.5 Å². The molecule has 2 aliphatic heterocycles. The van der Waals surface area contributed by atoms with Gasteiger partial charge in [0.15, 0.2) is 0 Å². The SMILES string of the molecule is N[C@H]1CN(c2cc(NC3CC3)ncn2)C[C@@H]1N1CCCCC1=O. The topological polar surface area (TPSA) is 87.4 Å². The van der Waals surface area contributed by atoms with Crippen LogP contribution >= 0.6 is 0 Å². The van der Waals surface area contributed by atoms with E-state index >= 15 is 0 Å². The highest BCUT2D eigenvalue weighted by atomic mass is 16.2. The van der Waals surface area contributed by atoms with E-state index in [-0.39, 0.29) is 18.0 Å². The fourth-order valence-corrected chi connectivity index (χ4v) is 3.54. The molecule has 7 nitrogen and oxygen atoms in total. The third-order valence-electron chi connectivity index (χ3n) is 5.00. The summed E-state index contributed by atoms with van der Waals surface area (Å²) < 4.78 is 0. The average molecular weight is 316 g/mol. The summed E-state index contributed by atoms with van der Waals surface area (Å²) in [6, 6.07) is 2.63. The Morgan fingerprint density at radius 1 is 1.22 bits per heavy atom. The summed E-state index contributed by atoms with van der Waals surface area (Å²) in [5, 5.41) is 3.40. The summed E-state index contributed by atoms with van der Waals surface area (Å²) in [5.41, 5.74) is 6.33. The molecular formula is C16H24N6O.